The minimum Gasteiger partial charge on any atom is -0.478 e. The summed E-state index contributed by atoms with van der Waals surface area (Å²) in [5, 5.41) is 13.7. The molecule has 0 atom stereocenters. The first kappa shape index (κ1) is 11.3. The van der Waals surface area contributed by atoms with Crippen molar-refractivity contribution in [3.05, 3.63) is 34.4 Å². The number of hydrogen-bond acceptors (Lipinski definition) is 6. The predicted octanol–water partition coefficient (Wildman–Crippen LogP) is 1.43. The second-order valence-corrected chi connectivity index (χ2v) is 3.98. The summed E-state index contributed by atoms with van der Waals surface area (Å²) in [6.07, 6.45) is 1.41. The Kier molecular flexibility index (Phi) is 3.20. The van der Waals surface area contributed by atoms with Crippen molar-refractivity contribution in [3.63, 3.8) is 0 Å². The maximum atomic E-state index is 10.9. The molecule has 0 unspecified atom stereocenters. The molecule has 0 saturated heterocycles. The number of rotatable bonds is 4. The molecule has 88 valence electrons. The Bertz CT molecular complexity index is 527. The Morgan fingerprint density at radius 1 is 1.53 bits per heavy atom. The van der Waals surface area contributed by atoms with Gasteiger partial charge in [-0.15, -0.1) is 11.3 Å². The van der Waals surface area contributed by atoms with Gasteiger partial charge in [0.25, 0.3) is 0 Å². The van der Waals surface area contributed by atoms with Crippen LogP contribution in [0.2, 0.25) is 0 Å². The fraction of sp³-hybridized carbons (Fsp3) is 0.100. The maximum Gasteiger partial charge on any atom is 0.337 e. The summed E-state index contributed by atoms with van der Waals surface area (Å²) in [5.74, 6) is -0.709. The number of thiazole rings is 1. The minimum absolute atomic E-state index is 0.0424. The SMILES string of the molecule is Nc1c(C(=O)O)ccnc1NCc1cscn1. The number of nitrogens with zero attached hydrogens (tertiary/aromatic N) is 2. The average molecular weight is 250 g/mol. The number of aromatic nitrogens is 2. The zero-order valence-corrected chi connectivity index (χ0v) is 9.57. The standard InChI is InChI=1S/C10H10N4O2S/c11-8-7(10(15)16)1-2-12-9(8)13-3-6-4-17-5-14-6/h1-2,4-5H,3,11H2,(H,12,13)(H,15,16). The molecule has 0 aliphatic carbocycles. The summed E-state index contributed by atoms with van der Waals surface area (Å²) in [6.45, 7) is 0.462. The lowest BCUT2D eigenvalue weighted by Crippen LogP contribution is -2.09. The first-order chi connectivity index (χ1) is 8.18. The molecule has 0 saturated carbocycles. The van der Waals surface area contributed by atoms with E-state index in [9.17, 15) is 4.79 Å². The Morgan fingerprint density at radius 2 is 2.35 bits per heavy atom. The van der Waals surface area contributed by atoms with Gasteiger partial charge in [-0.1, -0.05) is 0 Å². The predicted molar refractivity (Wildman–Crippen MR) is 65.0 cm³/mol. The number of nitrogens with one attached hydrogen (secondary N) is 1. The molecular weight excluding hydrogens is 240 g/mol. The van der Waals surface area contributed by atoms with Crippen LogP contribution in [-0.2, 0) is 6.54 Å². The lowest BCUT2D eigenvalue weighted by atomic mass is 10.2. The van der Waals surface area contributed by atoms with Gasteiger partial charge in [0.05, 0.1) is 29.0 Å². The number of carboxylic acids is 1. The maximum absolute atomic E-state index is 10.9. The molecule has 0 fully saturated rings. The summed E-state index contributed by atoms with van der Waals surface area (Å²) < 4.78 is 0. The van der Waals surface area contributed by atoms with Crippen molar-refractivity contribution in [3.8, 4) is 0 Å². The second kappa shape index (κ2) is 4.79. The molecule has 7 heteroatoms. The number of nitrogen functional groups attached to an aromatic ring is 1. The van der Waals surface area contributed by atoms with Gasteiger partial charge < -0.3 is 16.2 Å². The van der Waals surface area contributed by atoms with E-state index in [1.807, 2.05) is 5.38 Å². The third-order valence-corrected chi connectivity index (χ3v) is 2.78. The van der Waals surface area contributed by atoms with Gasteiger partial charge in [0, 0.05) is 11.6 Å². The Morgan fingerprint density at radius 3 is 3.00 bits per heavy atom. The average Bonchev–Trinajstić information content (AvgIpc) is 2.80. The summed E-state index contributed by atoms with van der Waals surface area (Å²) in [6, 6.07) is 1.37. The molecule has 0 spiro atoms. The van der Waals surface area contributed by atoms with Crippen LogP contribution in [0.4, 0.5) is 11.5 Å². The molecule has 0 aromatic carbocycles. The van der Waals surface area contributed by atoms with E-state index >= 15 is 0 Å². The highest BCUT2D eigenvalue weighted by atomic mass is 32.1. The Balaban J connectivity index is 2.16. The number of carboxylic acid groups (broad SMARTS) is 1. The van der Waals surface area contributed by atoms with E-state index in [1.54, 1.807) is 5.51 Å². The van der Waals surface area contributed by atoms with Crippen molar-refractivity contribution in [1.29, 1.82) is 0 Å². The van der Waals surface area contributed by atoms with Crippen LogP contribution < -0.4 is 11.1 Å². The van der Waals surface area contributed by atoms with Gasteiger partial charge in [-0.25, -0.2) is 14.8 Å². The number of pyridine rings is 1. The van der Waals surface area contributed by atoms with Gasteiger partial charge in [-0.05, 0) is 6.07 Å². The van der Waals surface area contributed by atoms with Crippen LogP contribution in [0.1, 0.15) is 16.1 Å². The van der Waals surface area contributed by atoms with E-state index in [1.165, 1.54) is 23.6 Å². The van der Waals surface area contributed by atoms with Crippen LogP contribution in [-0.4, -0.2) is 21.0 Å². The van der Waals surface area contributed by atoms with Gasteiger partial charge in [-0.3, -0.25) is 0 Å². The normalized spacial score (nSPS) is 10.1. The first-order valence-corrected chi connectivity index (χ1v) is 5.71. The molecule has 0 radical (unpaired) electrons. The van der Waals surface area contributed by atoms with Crippen LogP contribution in [0.15, 0.2) is 23.2 Å². The summed E-state index contributed by atoms with van der Waals surface area (Å²) >= 11 is 1.49. The van der Waals surface area contributed by atoms with Gasteiger partial charge in [0.15, 0.2) is 0 Å². The molecule has 0 aliphatic heterocycles. The Labute approximate surface area is 101 Å². The fourth-order valence-electron chi connectivity index (χ4n) is 1.30. The highest BCUT2D eigenvalue weighted by Gasteiger charge is 2.11. The molecular formula is C10H10N4O2S. The summed E-state index contributed by atoms with van der Waals surface area (Å²) in [7, 11) is 0. The lowest BCUT2D eigenvalue weighted by Gasteiger charge is -2.08. The van der Waals surface area contributed by atoms with Gasteiger partial charge in [-0.2, -0.15) is 0 Å². The molecule has 0 amide bonds. The number of carbonyl (C=O) groups is 1. The van der Waals surface area contributed by atoms with Crippen molar-refractivity contribution in [2.75, 3.05) is 11.1 Å². The topological polar surface area (TPSA) is 101 Å². The third-order valence-electron chi connectivity index (χ3n) is 2.14. The monoisotopic (exact) mass is 250 g/mol. The molecule has 17 heavy (non-hydrogen) atoms. The molecule has 0 bridgehead atoms. The summed E-state index contributed by atoms with van der Waals surface area (Å²) in [5.41, 5.74) is 8.46. The van der Waals surface area contributed by atoms with E-state index < -0.39 is 5.97 Å². The second-order valence-electron chi connectivity index (χ2n) is 3.26. The van der Waals surface area contributed by atoms with Crippen LogP contribution in [0.25, 0.3) is 0 Å². The van der Waals surface area contributed by atoms with E-state index in [2.05, 4.69) is 15.3 Å². The zero-order chi connectivity index (χ0) is 12.3. The van der Waals surface area contributed by atoms with Crippen molar-refractivity contribution in [1.82, 2.24) is 9.97 Å². The molecule has 0 aliphatic rings. The Hall–Kier alpha value is -2.15. The van der Waals surface area contributed by atoms with Crippen molar-refractivity contribution >= 4 is 28.8 Å². The summed E-state index contributed by atoms with van der Waals surface area (Å²) in [4.78, 5) is 18.9. The van der Waals surface area contributed by atoms with Crippen LogP contribution in [0.5, 0.6) is 0 Å². The largest absolute Gasteiger partial charge is 0.478 e. The van der Waals surface area contributed by atoms with E-state index in [0.29, 0.717) is 12.4 Å². The number of anilines is 2. The fourth-order valence-corrected chi connectivity index (χ4v) is 1.86. The molecule has 2 heterocycles. The van der Waals surface area contributed by atoms with Crippen LogP contribution >= 0.6 is 11.3 Å². The number of nitrogens with two attached hydrogens (primary N) is 1. The third kappa shape index (κ3) is 2.51. The van der Waals surface area contributed by atoms with E-state index in [0.717, 1.165) is 5.69 Å². The van der Waals surface area contributed by atoms with Crippen LogP contribution in [0, 0.1) is 0 Å². The van der Waals surface area contributed by atoms with Gasteiger partial charge in [0.2, 0.25) is 0 Å². The highest BCUT2D eigenvalue weighted by Crippen LogP contribution is 2.20. The molecule has 4 N–H and O–H groups in total. The van der Waals surface area contributed by atoms with Crippen molar-refractivity contribution < 1.29 is 9.90 Å². The van der Waals surface area contributed by atoms with Gasteiger partial charge in [0.1, 0.15) is 5.82 Å². The number of aromatic carboxylic acids is 1. The molecule has 6 nitrogen and oxygen atoms in total. The molecule has 2 aromatic rings. The quantitative estimate of drug-likeness (QED) is 0.758. The number of hydrogen-bond donors (Lipinski definition) is 3. The zero-order valence-electron chi connectivity index (χ0n) is 8.75. The lowest BCUT2D eigenvalue weighted by molar-refractivity contribution is 0.0698. The molecule has 2 rings (SSSR count). The highest BCUT2D eigenvalue weighted by molar-refractivity contribution is 7.07. The smallest absolute Gasteiger partial charge is 0.337 e. The van der Waals surface area contributed by atoms with Crippen molar-refractivity contribution in [2.45, 2.75) is 6.54 Å². The van der Waals surface area contributed by atoms with Gasteiger partial charge >= 0.3 is 5.97 Å². The first-order valence-electron chi connectivity index (χ1n) is 4.77. The van der Waals surface area contributed by atoms with E-state index in [4.69, 9.17) is 10.8 Å². The van der Waals surface area contributed by atoms with Crippen LogP contribution in [0.3, 0.4) is 0 Å². The molecule has 2 aromatic heterocycles. The van der Waals surface area contributed by atoms with Crippen molar-refractivity contribution in [2.24, 2.45) is 0 Å². The van der Waals surface area contributed by atoms with E-state index in [-0.39, 0.29) is 11.3 Å². The minimum atomic E-state index is -1.07.